The van der Waals surface area contributed by atoms with Crippen LogP contribution >= 0.6 is 0 Å². The number of nitrogens with zero attached hydrogens (tertiary/aromatic N) is 1. The van der Waals surface area contributed by atoms with Gasteiger partial charge in [0.25, 0.3) is 0 Å². The maximum atomic E-state index is 11.1. The fourth-order valence-electron chi connectivity index (χ4n) is 1.48. The molecule has 0 aromatic rings. The lowest BCUT2D eigenvalue weighted by Crippen LogP contribution is -2.40. The monoisotopic (exact) mass is 173 g/mol. The first-order chi connectivity index (χ1) is 5.79. The van der Waals surface area contributed by atoms with Crippen molar-refractivity contribution in [2.75, 3.05) is 26.3 Å². The first kappa shape index (κ1) is 9.48. The Bertz CT molecular complexity index is 160. The number of esters is 1. The minimum absolute atomic E-state index is 0.0949. The van der Waals surface area contributed by atoms with Crippen LogP contribution in [0.5, 0.6) is 0 Å². The highest BCUT2D eigenvalue weighted by Crippen LogP contribution is 2.12. The molecule has 1 aliphatic rings. The molecule has 0 aromatic heterocycles. The van der Waals surface area contributed by atoms with Crippen molar-refractivity contribution in [1.29, 1.82) is 0 Å². The van der Waals surface area contributed by atoms with Gasteiger partial charge >= 0.3 is 5.97 Å². The Labute approximate surface area is 72.1 Å². The molecule has 1 saturated heterocycles. The normalized spacial score (nSPS) is 23.2. The molecule has 12 heavy (non-hydrogen) atoms. The smallest absolute Gasteiger partial charge is 0.323 e. The van der Waals surface area contributed by atoms with Crippen LogP contribution in [0.4, 0.5) is 0 Å². The standard InChI is InChI=1S/C8H15NO3/c1-2-9(4-5-10)7-3-6-12-8(7)11/h7,10H,2-6H2,1H3. The topological polar surface area (TPSA) is 49.8 Å². The Morgan fingerprint density at radius 2 is 2.50 bits per heavy atom. The van der Waals surface area contributed by atoms with Gasteiger partial charge in [-0.3, -0.25) is 9.69 Å². The van der Waals surface area contributed by atoms with Crippen molar-refractivity contribution >= 4 is 5.97 Å². The summed E-state index contributed by atoms with van der Waals surface area (Å²) in [6, 6.07) is -0.123. The summed E-state index contributed by atoms with van der Waals surface area (Å²) >= 11 is 0. The highest BCUT2D eigenvalue weighted by molar-refractivity contribution is 5.77. The second-order valence-corrected chi connectivity index (χ2v) is 2.82. The number of hydrogen-bond acceptors (Lipinski definition) is 4. The van der Waals surface area contributed by atoms with E-state index in [-0.39, 0.29) is 18.6 Å². The summed E-state index contributed by atoms with van der Waals surface area (Å²) < 4.78 is 4.83. The van der Waals surface area contributed by atoms with E-state index in [0.29, 0.717) is 13.2 Å². The van der Waals surface area contributed by atoms with Gasteiger partial charge in [-0.15, -0.1) is 0 Å². The number of carbonyl (C=O) groups excluding carboxylic acids is 1. The lowest BCUT2D eigenvalue weighted by molar-refractivity contribution is -0.142. The molecule has 0 bridgehead atoms. The van der Waals surface area contributed by atoms with Crippen LogP contribution in [0.3, 0.4) is 0 Å². The second-order valence-electron chi connectivity index (χ2n) is 2.82. The Morgan fingerprint density at radius 3 is 2.92 bits per heavy atom. The number of carbonyl (C=O) groups is 1. The van der Waals surface area contributed by atoms with Gasteiger partial charge in [0.05, 0.1) is 13.2 Å². The maximum absolute atomic E-state index is 11.1. The molecule has 1 aliphatic heterocycles. The van der Waals surface area contributed by atoms with E-state index >= 15 is 0 Å². The van der Waals surface area contributed by atoms with E-state index in [1.165, 1.54) is 0 Å². The molecule has 0 aliphatic carbocycles. The third-order valence-corrected chi connectivity index (χ3v) is 2.14. The predicted molar refractivity (Wildman–Crippen MR) is 43.7 cm³/mol. The number of likely N-dealkylation sites (N-methyl/N-ethyl adjacent to an activating group) is 1. The van der Waals surface area contributed by atoms with Gasteiger partial charge in [-0.25, -0.2) is 0 Å². The summed E-state index contributed by atoms with van der Waals surface area (Å²) in [6.07, 6.45) is 0.757. The van der Waals surface area contributed by atoms with Gasteiger partial charge in [-0.05, 0) is 6.54 Å². The quantitative estimate of drug-likeness (QED) is 0.588. The van der Waals surface area contributed by atoms with Crippen LogP contribution in [-0.4, -0.2) is 48.3 Å². The van der Waals surface area contributed by atoms with Crippen molar-refractivity contribution in [3.05, 3.63) is 0 Å². The van der Waals surface area contributed by atoms with Crippen molar-refractivity contribution in [3.8, 4) is 0 Å². The summed E-state index contributed by atoms with van der Waals surface area (Å²) in [5, 5.41) is 8.72. The second kappa shape index (κ2) is 4.42. The SMILES string of the molecule is CCN(CCO)C1CCOC1=O. The first-order valence-electron chi connectivity index (χ1n) is 4.31. The van der Waals surface area contributed by atoms with E-state index in [4.69, 9.17) is 9.84 Å². The molecule has 1 heterocycles. The number of ether oxygens (including phenoxy) is 1. The molecule has 0 radical (unpaired) electrons. The highest BCUT2D eigenvalue weighted by atomic mass is 16.5. The largest absolute Gasteiger partial charge is 0.464 e. The van der Waals surface area contributed by atoms with Crippen molar-refractivity contribution in [2.24, 2.45) is 0 Å². The molecule has 4 nitrogen and oxygen atoms in total. The van der Waals surface area contributed by atoms with E-state index in [0.717, 1.165) is 13.0 Å². The Kier molecular flexibility index (Phi) is 3.49. The zero-order valence-electron chi connectivity index (χ0n) is 7.32. The summed E-state index contributed by atoms with van der Waals surface area (Å²) in [5.41, 5.74) is 0. The Balaban J connectivity index is 2.46. The van der Waals surface area contributed by atoms with Crippen molar-refractivity contribution in [2.45, 2.75) is 19.4 Å². The minimum Gasteiger partial charge on any atom is -0.464 e. The minimum atomic E-state index is -0.148. The van der Waals surface area contributed by atoms with Crippen molar-refractivity contribution < 1.29 is 14.6 Å². The van der Waals surface area contributed by atoms with Gasteiger partial charge in [0, 0.05) is 13.0 Å². The molecule has 1 N–H and O–H groups in total. The molecule has 70 valence electrons. The lowest BCUT2D eigenvalue weighted by Gasteiger charge is -2.22. The first-order valence-corrected chi connectivity index (χ1v) is 4.31. The summed E-state index contributed by atoms with van der Waals surface area (Å²) in [4.78, 5) is 13.0. The van der Waals surface area contributed by atoms with Crippen molar-refractivity contribution in [3.63, 3.8) is 0 Å². The molecule has 1 fully saturated rings. The fourth-order valence-corrected chi connectivity index (χ4v) is 1.48. The van der Waals surface area contributed by atoms with E-state index in [2.05, 4.69) is 0 Å². The Hall–Kier alpha value is -0.610. The third kappa shape index (κ3) is 1.95. The molecular formula is C8H15NO3. The number of hydrogen-bond donors (Lipinski definition) is 1. The molecule has 4 heteroatoms. The molecule has 1 atom stereocenters. The summed E-state index contributed by atoms with van der Waals surface area (Å²) in [5.74, 6) is -0.148. The average molecular weight is 173 g/mol. The molecule has 0 spiro atoms. The molecule has 0 aromatic carbocycles. The van der Waals surface area contributed by atoms with Crippen LogP contribution in [0.2, 0.25) is 0 Å². The molecule has 0 saturated carbocycles. The number of rotatable bonds is 4. The summed E-state index contributed by atoms with van der Waals surface area (Å²) in [7, 11) is 0. The average Bonchev–Trinajstić information content (AvgIpc) is 2.47. The predicted octanol–water partition coefficient (Wildman–Crippen LogP) is -0.384. The highest BCUT2D eigenvalue weighted by Gasteiger charge is 2.30. The summed E-state index contributed by atoms with van der Waals surface area (Å²) in [6.45, 7) is 3.92. The zero-order chi connectivity index (χ0) is 8.97. The van der Waals surface area contributed by atoms with Crippen molar-refractivity contribution in [1.82, 2.24) is 4.90 Å². The van der Waals surface area contributed by atoms with Crippen LogP contribution in [0.15, 0.2) is 0 Å². The van der Waals surface area contributed by atoms with E-state index in [1.807, 2.05) is 11.8 Å². The molecular weight excluding hydrogens is 158 g/mol. The van der Waals surface area contributed by atoms with Crippen LogP contribution in [0.1, 0.15) is 13.3 Å². The van der Waals surface area contributed by atoms with Crippen LogP contribution in [0.25, 0.3) is 0 Å². The van der Waals surface area contributed by atoms with Crippen LogP contribution in [0, 0.1) is 0 Å². The zero-order valence-corrected chi connectivity index (χ0v) is 7.32. The lowest BCUT2D eigenvalue weighted by atomic mass is 10.2. The van der Waals surface area contributed by atoms with E-state index in [1.54, 1.807) is 0 Å². The van der Waals surface area contributed by atoms with Gasteiger partial charge in [0.15, 0.2) is 0 Å². The number of cyclic esters (lactones) is 1. The van der Waals surface area contributed by atoms with Crippen LogP contribution in [-0.2, 0) is 9.53 Å². The van der Waals surface area contributed by atoms with Gasteiger partial charge in [0.1, 0.15) is 6.04 Å². The number of aliphatic hydroxyl groups is 1. The third-order valence-electron chi connectivity index (χ3n) is 2.14. The molecule has 1 unspecified atom stereocenters. The van der Waals surface area contributed by atoms with Gasteiger partial charge < -0.3 is 9.84 Å². The maximum Gasteiger partial charge on any atom is 0.323 e. The molecule has 1 rings (SSSR count). The van der Waals surface area contributed by atoms with Crippen LogP contribution < -0.4 is 0 Å². The van der Waals surface area contributed by atoms with Gasteiger partial charge in [-0.2, -0.15) is 0 Å². The molecule has 0 amide bonds. The van der Waals surface area contributed by atoms with Gasteiger partial charge in [0.2, 0.25) is 0 Å². The fraction of sp³-hybridized carbons (Fsp3) is 0.875. The van der Waals surface area contributed by atoms with Gasteiger partial charge in [-0.1, -0.05) is 6.92 Å². The van der Waals surface area contributed by atoms with E-state index < -0.39 is 0 Å². The van der Waals surface area contributed by atoms with E-state index in [9.17, 15) is 4.79 Å². The number of aliphatic hydroxyl groups excluding tert-OH is 1. The Morgan fingerprint density at radius 1 is 1.75 bits per heavy atom.